The Balaban J connectivity index is 1.87. The Morgan fingerprint density at radius 3 is 2.30 bits per heavy atom. The van der Waals surface area contributed by atoms with E-state index in [0.717, 1.165) is 6.54 Å². The van der Waals surface area contributed by atoms with Crippen molar-refractivity contribution in [2.24, 2.45) is 0 Å². The Bertz CT molecular complexity index is 398. The molecule has 0 aliphatic carbocycles. The number of benzene rings is 1. The molecule has 0 aromatic heterocycles. The van der Waals surface area contributed by atoms with Crippen molar-refractivity contribution < 1.29 is 0 Å². The third kappa shape index (κ3) is 4.52. The molecule has 0 amide bonds. The van der Waals surface area contributed by atoms with Gasteiger partial charge in [0, 0.05) is 18.8 Å². The molecule has 1 aliphatic heterocycles. The van der Waals surface area contributed by atoms with Gasteiger partial charge in [0.15, 0.2) is 0 Å². The first-order valence-electron chi connectivity index (χ1n) is 8.13. The van der Waals surface area contributed by atoms with E-state index in [2.05, 4.69) is 55.3 Å². The number of hydrogen-bond acceptors (Lipinski definition) is 2. The molecule has 1 heterocycles. The molecule has 2 rings (SSSR count). The molecular weight excluding hydrogens is 244 g/mol. The number of nitrogens with zero attached hydrogens (tertiary/aromatic N) is 1. The molecule has 0 saturated carbocycles. The molecule has 1 fully saturated rings. The average Bonchev–Trinajstić information content (AvgIpc) is 2.67. The summed E-state index contributed by atoms with van der Waals surface area (Å²) in [5.41, 5.74) is 2.91. The molecule has 1 aromatic rings. The smallest absolute Gasteiger partial charge is 0.0378 e. The lowest BCUT2D eigenvalue weighted by Gasteiger charge is -2.25. The van der Waals surface area contributed by atoms with Crippen molar-refractivity contribution in [3.63, 3.8) is 0 Å². The van der Waals surface area contributed by atoms with Crippen LogP contribution in [0.25, 0.3) is 0 Å². The summed E-state index contributed by atoms with van der Waals surface area (Å²) >= 11 is 0. The predicted molar refractivity (Wildman–Crippen MR) is 88.5 cm³/mol. The van der Waals surface area contributed by atoms with Crippen LogP contribution in [0.5, 0.6) is 0 Å². The van der Waals surface area contributed by atoms with E-state index in [-0.39, 0.29) is 5.41 Å². The summed E-state index contributed by atoms with van der Waals surface area (Å²) in [5, 5.41) is 3.65. The molecule has 0 radical (unpaired) electrons. The van der Waals surface area contributed by atoms with Crippen LogP contribution in [0.3, 0.4) is 0 Å². The molecule has 2 heteroatoms. The van der Waals surface area contributed by atoms with E-state index < -0.39 is 0 Å². The van der Waals surface area contributed by atoms with Crippen LogP contribution in [0.15, 0.2) is 24.3 Å². The van der Waals surface area contributed by atoms with E-state index in [1.54, 1.807) is 0 Å². The first-order valence-corrected chi connectivity index (χ1v) is 8.13. The lowest BCUT2D eigenvalue weighted by Crippen LogP contribution is -2.30. The Hall–Kier alpha value is -1.02. The highest BCUT2D eigenvalue weighted by atomic mass is 15.1. The van der Waals surface area contributed by atoms with Crippen molar-refractivity contribution in [1.29, 1.82) is 0 Å². The van der Waals surface area contributed by atoms with Crippen LogP contribution in [-0.2, 0) is 5.41 Å². The summed E-state index contributed by atoms with van der Waals surface area (Å²) in [5.74, 6) is 0. The minimum atomic E-state index is 0.201. The van der Waals surface area contributed by atoms with Crippen molar-refractivity contribution in [2.75, 3.05) is 31.5 Å². The fraction of sp³-hybridized carbons (Fsp3) is 0.667. The molecule has 1 aromatic carbocycles. The summed E-state index contributed by atoms with van der Waals surface area (Å²) in [4.78, 5) is 2.61. The molecule has 0 bridgehead atoms. The summed E-state index contributed by atoms with van der Waals surface area (Å²) < 4.78 is 0. The van der Waals surface area contributed by atoms with Crippen LogP contribution in [0.4, 0.5) is 5.69 Å². The molecule has 20 heavy (non-hydrogen) atoms. The minimum Gasteiger partial charge on any atom is -0.384 e. The van der Waals surface area contributed by atoms with Crippen LogP contribution in [0, 0.1) is 0 Å². The number of nitrogens with one attached hydrogen (secondary N) is 1. The molecule has 1 aliphatic rings. The van der Waals surface area contributed by atoms with Gasteiger partial charge in [0.25, 0.3) is 0 Å². The maximum atomic E-state index is 3.65. The van der Waals surface area contributed by atoms with Crippen molar-refractivity contribution >= 4 is 5.69 Å². The maximum Gasteiger partial charge on any atom is 0.0378 e. The first-order chi connectivity index (χ1) is 9.57. The van der Waals surface area contributed by atoms with Gasteiger partial charge in [-0.2, -0.15) is 0 Å². The second-order valence-electron chi connectivity index (χ2n) is 6.98. The van der Waals surface area contributed by atoms with Crippen LogP contribution in [-0.4, -0.2) is 31.1 Å². The van der Waals surface area contributed by atoms with Gasteiger partial charge in [0.2, 0.25) is 0 Å². The summed E-state index contributed by atoms with van der Waals surface area (Å²) in [6, 6.07) is 8.72. The molecule has 2 nitrogen and oxygen atoms in total. The second-order valence-corrected chi connectivity index (χ2v) is 6.98. The van der Waals surface area contributed by atoms with Crippen LogP contribution < -0.4 is 5.32 Å². The molecule has 1 saturated heterocycles. The highest BCUT2D eigenvalue weighted by Crippen LogP contribution is 2.29. The Morgan fingerprint density at radius 2 is 1.65 bits per heavy atom. The van der Waals surface area contributed by atoms with E-state index in [1.807, 2.05) is 0 Å². The predicted octanol–water partition coefficient (Wildman–Crippen LogP) is 4.27. The van der Waals surface area contributed by atoms with Gasteiger partial charge in [-0.05, 0) is 43.0 Å². The third-order valence-electron chi connectivity index (χ3n) is 4.18. The van der Waals surface area contributed by atoms with Gasteiger partial charge in [-0.15, -0.1) is 0 Å². The molecule has 0 unspecified atom stereocenters. The fourth-order valence-electron chi connectivity index (χ4n) is 3.00. The van der Waals surface area contributed by atoms with E-state index in [0.29, 0.717) is 0 Å². The quantitative estimate of drug-likeness (QED) is 0.882. The first kappa shape index (κ1) is 15.4. The standard InChI is InChI=1S/C18H30N2/c1-18(2,3)16-10-6-7-11-17(16)19-12-15-20-13-8-4-5-9-14-20/h6-7,10-11,19H,4-5,8-9,12-15H2,1-3H3. The second kappa shape index (κ2) is 7.12. The van der Waals surface area contributed by atoms with Crippen LogP contribution in [0.1, 0.15) is 52.0 Å². The van der Waals surface area contributed by atoms with Gasteiger partial charge in [-0.1, -0.05) is 51.8 Å². The topological polar surface area (TPSA) is 15.3 Å². The average molecular weight is 274 g/mol. The lowest BCUT2D eigenvalue weighted by atomic mass is 9.86. The van der Waals surface area contributed by atoms with E-state index in [9.17, 15) is 0 Å². The SMILES string of the molecule is CC(C)(C)c1ccccc1NCCN1CCCCCC1. The number of rotatable bonds is 4. The largest absolute Gasteiger partial charge is 0.384 e. The highest BCUT2D eigenvalue weighted by Gasteiger charge is 2.17. The number of para-hydroxylation sites is 1. The summed E-state index contributed by atoms with van der Waals surface area (Å²) in [6.45, 7) is 11.6. The van der Waals surface area contributed by atoms with Crippen LogP contribution in [0.2, 0.25) is 0 Å². The van der Waals surface area contributed by atoms with Gasteiger partial charge in [0.1, 0.15) is 0 Å². The summed E-state index contributed by atoms with van der Waals surface area (Å²) in [6.07, 6.45) is 5.57. The Kier molecular flexibility index (Phi) is 5.47. The number of likely N-dealkylation sites (tertiary alicyclic amines) is 1. The zero-order valence-electron chi connectivity index (χ0n) is 13.4. The van der Waals surface area contributed by atoms with E-state index >= 15 is 0 Å². The van der Waals surface area contributed by atoms with Crippen molar-refractivity contribution in [3.8, 4) is 0 Å². The molecule has 1 N–H and O–H groups in total. The van der Waals surface area contributed by atoms with Gasteiger partial charge in [-0.25, -0.2) is 0 Å². The van der Waals surface area contributed by atoms with Crippen molar-refractivity contribution in [2.45, 2.75) is 51.9 Å². The zero-order valence-corrected chi connectivity index (χ0v) is 13.4. The van der Waals surface area contributed by atoms with Gasteiger partial charge in [0.05, 0.1) is 0 Å². The zero-order chi connectivity index (χ0) is 14.4. The number of hydrogen-bond donors (Lipinski definition) is 1. The highest BCUT2D eigenvalue weighted by molar-refractivity contribution is 5.54. The third-order valence-corrected chi connectivity index (χ3v) is 4.18. The van der Waals surface area contributed by atoms with Crippen molar-refractivity contribution in [1.82, 2.24) is 4.90 Å². The van der Waals surface area contributed by atoms with E-state index in [4.69, 9.17) is 0 Å². The number of anilines is 1. The molecular formula is C18H30N2. The van der Waals surface area contributed by atoms with E-state index in [1.165, 1.54) is 56.6 Å². The summed E-state index contributed by atoms with van der Waals surface area (Å²) in [7, 11) is 0. The molecule has 0 spiro atoms. The minimum absolute atomic E-state index is 0.201. The van der Waals surface area contributed by atoms with Crippen LogP contribution >= 0.6 is 0 Å². The molecule has 112 valence electrons. The van der Waals surface area contributed by atoms with Gasteiger partial charge in [-0.3, -0.25) is 0 Å². The Morgan fingerprint density at radius 1 is 1.00 bits per heavy atom. The van der Waals surface area contributed by atoms with Gasteiger partial charge < -0.3 is 10.2 Å². The maximum absolute atomic E-state index is 3.65. The molecule has 0 atom stereocenters. The monoisotopic (exact) mass is 274 g/mol. The fourth-order valence-corrected chi connectivity index (χ4v) is 3.00. The van der Waals surface area contributed by atoms with Gasteiger partial charge >= 0.3 is 0 Å². The normalized spacial score (nSPS) is 17.8. The van der Waals surface area contributed by atoms with Crippen molar-refractivity contribution in [3.05, 3.63) is 29.8 Å². The Labute approximate surface area is 124 Å². The lowest BCUT2D eigenvalue weighted by molar-refractivity contribution is 0.296.